The van der Waals surface area contributed by atoms with E-state index in [0.29, 0.717) is 18.8 Å². The van der Waals surface area contributed by atoms with Gasteiger partial charge in [0.15, 0.2) is 15.8 Å². The summed E-state index contributed by atoms with van der Waals surface area (Å²) in [6.45, 7) is 3.49. The van der Waals surface area contributed by atoms with Crippen LogP contribution in [0.2, 0.25) is 5.02 Å². The Labute approximate surface area is 171 Å². The van der Waals surface area contributed by atoms with Gasteiger partial charge in [-0.1, -0.05) is 11.6 Å². The zero-order valence-electron chi connectivity index (χ0n) is 14.2. The van der Waals surface area contributed by atoms with Gasteiger partial charge in [0.2, 0.25) is 0 Å². The van der Waals surface area contributed by atoms with Gasteiger partial charge in [-0.15, -0.1) is 24.0 Å². The molecule has 1 aliphatic heterocycles. The van der Waals surface area contributed by atoms with Gasteiger partial charge in [0.25, 0.3) is 0 Å². The van der Waals surface area contributed by atoms with Crippen LogP contribution < -0.4 is 10.6 Å². The summed E-state index contributed by atoms with van der Waals surface area (Å²) in [5, 5.41) is 0.730. The van der Waals surface area contributed by atoms with Crippen LogP contribution in [0.4, 0.5) is 5.69 Å². The van der Waals surface area contributed by atoms with Crippen molar-refractivity contribution in [2.75, 3.05) is 43.9 Å². The lowest BCUT2D eigenvalue weighted by molar-refractivity contribution is 0.380. The van der Waals surface area contributed by atoms with Crippen molar-refractivity contribution < 1.29 is 8.42 Å². The molecule has 0 atom stereocenters. The first-order chi connectivity index (χ1) is 11.3. The molecule has 1 saturated carbocycles. The van der Waals surface area contributed by atoms with Crippen LogP contribution in [-0.4, -0.2) is 63.0 Å². The third-order valence-electron chi connectivity index (χ3n) is 4.92. The molecule has 0 aromatic heterocycles. The SMILES string of the molecule is CS(=O)(=O)C1(CN=C(N)N2CCN(c3ccc(Cl)cc3)CC2)CC1.I. The van der Waals surface area contributed by atoms with E-state index >= 15 is 0 Å². The summed E-state index contributed by atoms with van der Waals surface area (Å²) in [5.74, 6) is 0.445. The Bertz CT molecular complexity index is 727. The van der Waals surface area contributed by atoms with Crippen molar-refractivity contribution in [1.29, 1.82) is 0 Å². The van der Waals surface area contributed by atoms with E-state index in [2.05, 4.69) is 9.89 Å². The topological polar surface area (TPSA) is 79.0 Å². The van der Waals surface area contributed by atoms with E-state index in [-0.39, 0.29) is 30.5 Å². The Morgan fingerprint density at radius 1 is 1.20 bits per heavy atom. The average molecular weight is 499 g/mol. The highest BCUT2D eigenvalue weighted by Gasteiger charge is 2.52. The summed E-state index contributed by atoms with van der Waals surface area (Å²) in [5.41, 5.74) is 7.22. The van der Waals surface area contributed by atoms with Crippen LogP contribution in [0.3, 0.4) is 0 Å². The minimum absolute atomic E-state index is 0. The smallest absolute Gasteiger partial charge is 0.191 e. The number of hydrogen-bond donors (Lipinski definition) is 1. The van der Waals surface area contributed by atoms with Crippen molar-refractivity contribution in [3.05, 3.63) is 29.3 Å². The Balaban J connectivity index is 0.00000225. The van der Waals surface area contributed by atoms with Crippen molar-refractivity contribution in [2.45, 2.75) is 17.6 Å². The second kappa shape index (κ2) is 7.87. The molecule has 0 spiro atoms. The maximum absolute atomic E-state index is 11.8. The fraction of sp³-hybridized carbons (Fsp3) is 0.562. The number of anilines is 1. The molecular formula is C16H24ClIN4O2S. The third-order valence-corrected chi connectivity index (χ3v) is 7.28. The van der Waals surface area contributed by atoms with E-state index in [1.165, 1.54) is 6.26 Å². The molecule has 9 heteroatoms. The first-order valence-corrected chi connectivity index (χ1v) is 10.3. The van der Waals surface area contributed by atoms with Crippen LogP contribution in [0.15, 0.2) is 29.3 Å². The largest absolute Gasteiger partial charge is 0.370 e. The fourth-order valence-corrected chi connectivity index (χ4v) is 4.23. The Morgan fingerprint density at radius 3 is 2.24 bits per heavy atom. The zero-order valence-corrected chi connectivity index (χ0v) is 18.1. The Kier molecular flexibility index (Phi) is 6.48. The maximum Gasteiger partial charge on any atom is 0.191 e. The number of nitrogens with zero attached hydrogens (tertiary/aromatic N) is 3. The molecule has 0 amide bonds. The lowest BCUT2D eigenvalue weighted by Gasteiger charge is -2.36. The number of guanidine groups is 1. The van der Waals surface area contributed by atoms with E-state index < -0.39 is 14.6 Å². The lowest BCUT2D eigenvalue weighted by atomic mass is 10.2. The van der Waals surface area contributed by atoms with E-state index in [1.807, 2.05) is 29.2 Å². The number of halogens is 2. The second-order valence-electron chi connectivity index (χ2n) is 6.58. The van der Waals surface area contributed by atoms with Gasteiger partial charge in [-0.3, -0.25) is 4.99 Å². The number of hydrogen-bond acceptors (Lipinski definition) is 4. The quantitative estimate of drug-likeness (QED) is 0.390. The molecule has 25 heavy (non-hydrogen) atoms. The molecule has 0 radical (unpaired) electrons. The molecule has 1 heterocycles. The molecule has 2 aliphatic rings. The summed E-state index contributed by atoms with van der Waals surface area (Å²) in [6.07, 6.45) is 2.66. The second-order valence-corrected chi connectivity index (χ2v) is 9.43. The van der Waals surface area contributed by atoms with Gasteiger partial charge in [-0.25, -0.2) is 8.42 Å². The van der Waals surface area contributed by atoms with E-state index in [1.54, 1.807) is 0 Å². The molecule has 1 saturated heterocycles. The van der Waals surface area contributed by atoms with E-state index in [9.17, 15) is 8.42 Å². The predicted molar refractivity (Wildman–Crippen MR) is 114 cm³/mol. The molecule has 2 N–H and O–H groups in total. The fourth-order valence-electron chi connectivity index (χ4n) is 2.96. The summed E-state index contributed by atoms with van der Waals surface area (Å²) in [4.78, 5) is 8.66. The lowest BCUT2D eigenvalue weighted by Crippen LogP contribution is -2.51. The summed E-state index contributed by atoms with van der Waals surface area (Å²) in [7, 11) is -3.07. The van der Waals surface area contributed by atoms with Crippen LogP contribution in [0.25, 0.3) is 0 Å². The number of piperazine rings is 1. The average Bonchev–Trinajstić information content (AvgIpc) is 3.35. The molecular weight excluding hydrogens is 475 g/mol. The molecule has 0 unspecified atom stereocenters. The van der Waals surface area contributed by atoms with Gasteiger partial charge in [0.05, 0.1) is 11.3 Å². The number of sulfone groups is 1. The van der Waals surface area contributed by atoms with Gasteiger partial charge in [0.1, 0.15) is 0 Å². The van der Waals surface area contributed by atoms with Gasteiger partial charge < -0.3 is 15.5 Å². The van der Waals surface area contributed by atoms with Crippen LogP contribution >= 0.6 is 35.6 Å². The van der Waals surface area contributed by atoms with Crippen molar-refractivity contribution in [1.82, 2.24) is 4.90 Å². The molecule has 1 aromatic rings. The van der Waals surface area contributed by atoms with Gasteiger partial charge >= 0.3 is 0 Å². The summed E-state index contributed by atoms with van der Waals surface area (Å²) >= 11 is 5.92. The zero-order chi connectivity index (χ0) is 17.4. The van der Waals surface area contributed by atoms with Gasteiger partial charge in [-0.05, 0) is 37.1 Å². The number of nitrogens with two attached hydrogens (primary N) is 1. The standard InChI is InChI=1S/C16H23ClN4O2S.HI/c1-24(22,23)16(6-7-16)12-19-15(18)21-10-8-20(9-11-21)14-4-2-13(17)3-5-14;/h2-5H,6-12H2,1H3,(H2,18,19);1H. The molecule has 0 bridgehead atoms. The first-order valence-electron chi connectivity index (χ1n) is 8.06. The highest BCUT2D eigenvalue weighted by atomic mass is 127. The third kappa shape index (κ3) is 4.71. The minimum atomic E-state index is -3.07. The van der Waals surface area contributed by atoms with Crippen LogP contribution in [0, 0.1) is 0 Å². The number of rotatable bonds is 4. The molecule has 140 valence electrons. The van der Waals surface area contributed by atoms with Gasteiger partial charge in [-0.2, -0.15) is 0 Å². The molecule has 6 nitrogen and oxygen atoms in total. The van der Waals surface area contributed by atoms with E-state index in [0.717, 1.165) is 36.9 Å². The molecule has 2 fully saturated rings. The van der Waals surface area contributed by atoms with Crippen molar-refractivity contribution in [3.63, 3.8) is 0 Å². The van der Waals surface area contributed by atoms with Crippen LogP contribution in [0.5, 0.6) is 0 Å². The highest BCUT2D eigenvalue weighted by Crippen LogP contribution is 2.43. The monoisotopic (exact) mass is 498 g/mol. The van der Waals surface area contributed by atoms with Crippen molar-refractivity contribution in [2.24, 2.45) is 10.7 Å². The normalized spacial score (nSPS) is 20.2. The minimum Gasteiger partial charge on any atom is -0.370 e. The number of benzene rings is 1. The van der Waals surface area contributed by atoms with Crippen molar-refractivity contribution in [3.8, 4) is 0 Å². The Morgan fingerprint density at radius 2 is 1.76 bits per heavy atom. The Hall–Kier alpha value is -0.740. The first kappa shape index (κ1) is 20.6. The van der Waals surface area contributed by atoms with Crippen LogP contribution in [0.1, 0.15) is 12.8 Å². The van der Waals surface area contributed by atoms with Crippen LogP contribution in [-0.2, 0) is 9.84 Å². The molecule has 1 aliphatic carbocycles. The highest BCUT2D eigenvalue weighted by molar-refractivity contribution is 14.0. The van der Waals surface area contributed by atoms with Gasteiger partial charge in [0, 0.05) is 43.1 Å². The summed E-state index contributed by atoms with van der Waals surface area (Å²) in [6, 6.07) is 7.80. The maximum atomic E-state index is 11.8. The van der Waals surface area contributed by atoms with Crippen molar-refractivity contribution >= 4 is 57.1 Å². The predicted octanol–water partition coefficient (Wildman–Crippen LogP) is 1.97. The number of aliphatic imine (C=N–C) groups is 1. The molecule has 1 aromatic carbocycles. The van der Waals surface area contributed by atoms with E-state index in [4.69, 9.17) is 17.3 Å². The summed E-state index contributed by atoms with van der Waals surface area (Å²) < 4.78 is 22.9. The molecule has 3 rings (SSSR count).